The summed E-state index contributed by atoms with van der Waals surface area (Å²) >= 11 is 0. The number of carbonyl (C=O) groups is 1. The normalized spacial score (nSPS) is 19.4. The van der Waals surface area contributed by atoms with E-state index in [1.165, 1.54) is 11.1 Å². The van der Waals surface area contributed by atoms with Crippen LogP contribution in [0.3, 0.4) is 0 Å². The number of rotatable bonds is 6. The Hall–Kier alpha value is -1.84. The average Bonchev–Trinajstić information content (AvgIpc) is 2.66. The topological polar surface area (TPSA) is 32.3 Å². The van der Waals surface area contributed by atoms with Crippen molar-refractivity contribution in [2.75, 3.05) is 13.1 Å². The summed E-state index contributed by atoms with van der Waals surface area (Å²) in [5.41, 5.74) is 2.48. The zero-order chi connectivity index (χ0) is 17.5. The fourth-order valence-electron chi connectivity index (χ4n) is 3.59. The van der Waals surface area contributed by atoms with E-state index in [1.807, 2.05) is 24.3 Å². The number of hydrogen-bond acceptors (Lipinski definition) is 2. The molecule has 3 nitrogen and oxygen atoms in total. The maximum Gasteiger partial charge on any atom is 0.226 e. The molecule has 1 saturated heterocycles. The molecule has 1 heterocycles. The molecule has 26 heavy (non-hydrogen) atoms. The van der Waals surface area contributed by atoms with Gasteiger partial charge in [-0.25, -0.2) is 0 Å². The van der Waals surface area contributed by atoms with Gasteiger partial charge in [-0.15, -0.1) is 12.4 Å². The molecule has 2 aromatic carbocycles. The second-order valence-corrected chi connectivity index (χ2v) is 7.06. The lowest BCUT2D eigenvalue weighted by atomic mass is 9.91. The summed E-state index contributed by atoms with van der Waals surface area (Å²) in [5.74, 6) is 0.462. The molecule has 0 unspecified atom stereocenters. The van der Waals surface area contributed by atoms with E-state index in [0.717, 1.165) is 32.4 Å². The average molecular weight is 373 g/mol. The van der Waals surface area contributed by atoms with Crippen LogP contribution in [-0.4, -0.2) is 29.9 Å². The van der Waals surface area contributed by atoms with Crippen LogP contribution in [0.25, 0.3) is 0 Å². The first kappa shape index (κ1) is 20.5. The third-order valence-electron chi connectivity index (χ3n) is 5.01. The van der Waals surface area contributed by atoms with Gasteiger partial charge in [-0.1, -0.05) is 60.7 Å². The first-order valence-electron chi connectivity index (χ1n) is 9.32. The van der Waals surface area contributed by atoms with Gasteiger partial charge in [-0.05, 0) is 43.9 Å². The van der Waals surface area contributed by atoms with Gasteiger partial charge < -0.3 is 10.2 Å². The lowest BCUT2D eigenvalue weighted by Gasteiger charge is -2.32. The Kier molecular flexibility index (Phi) is 8.14. The molecule has 2 atom stereocenters. The number of hydrogen-bond donors (Lipinski definition) is 1. The molecule has 0 bridgehead atoms. The van der Waals surface area contributed by atoms with E-state index in [9.17, 15) is 4.79 Å². The Morgan fingerprint density at radius 2 is 1.65 bits per heavy atom. The number of benzene rings is 2. The van der Waals surface area contributed by atoms with E-state index in [2.05, 4.69) is 53.5 Å². The smallest absolute Gasteiger partial charge is 0.226 e. The summed E-state index contributed by atoms with van der Waals surface area (Å²) in [7, 11) is 0. The highest BCUT2D eigenvalue weighted by Gasteiger charge is 2.28. The maximum absolute atomic E-state index is 13.2. The minimum Gasteiger partial charge on any atom is -0.338 e. The minimum atomic E-state index is 0. The van der Waals surface area contributed by atoms with Crippen LogP contribution in [0.1, 0.15) is 30.9 Å². The first-order chi connectivity index (χ1) is 12.2. The Bertz CT molecular complexity index is 662. The molecule has 4 heteroatoms. The van der Waals surface area contributed by atoms with Crippen LogP contribution >= 0.6 is 12.4 Å². The van der Waals surface area contributed by atoms with E-state index < -0.39 is 0 Å². The molecule has 1 amide bonds. The monoisotopic (exact) mass is 372 g/mol. The summed E-state index contributed by atoms with van der Waals surface area (Å²) < 4.78 is 0. The molecule has 3 rings (SSSR count). The van der Waals surface area contributed by atoms with Crippen molar-refractivity contribution < 1.29 is 4.79 Å². The lowest BCUT2D eigenvalue weighted by Crippen LogP contribution is -2.44. The van der Waals surface area contributed by atoms with Gasteiger partial charge in [0, 0.05) is 25.0 Å². The van der Waals surface area contributed by atoms with E-state index in [0.29, 0.717) is 18.5 Å². The molecule has 0 aromatic heterocycles. The van der Waals surface area contributed by atoms with Gasteiger partial charge in [-0.3, -0.25) is 4.79 Å². The largest absolute Gasteiger partial charge is 0.338 e. The Labute approximate surface area is 163 Å². The van der Waals surface area contributed by atoms with Gasteiger partial charge >= 0.3 is 0 Å². The van der Waals surface area contributed by atoms with Gasteiger partial charge in [0.15, 0.2) is 0 Å². The summed E-state index contributed by atoms with van der Waals surface area (Å²) in [6, 6.07) is 21.2. The third-order valence-corrected chi connectivity index (χ3v) is 5.01. The number of piperidine rings is 1. The predicted octanol–water partition coefficient (Wildman–Crippen LogP) is 4.07. The molecule has 0 radical (unpaired) electrons. The van der Waals surface area contributed by atoms with E-state index >= 15 is 0 Å². The van der Waals surface area contributed by atoms with Gasteiger partial charge in [0.2, 0.25) is 5.91 Å². The quantitative estimate of drug-likeness (QED) is 0.829. The molecular weight excluding hydrogens is 344 g/mol. The third kappa shape index (κ3) is 5.86. The molecule has 1 aliphatic heterocycles. The minimum absolute atomic E-state index is 0. The van der Waals surface area contributed by atoms with E-state index in [1.54, 1.807) is 0 Å². The Balaban J connectivity index is 0.00000243. The lowest BCUT2D eigenvalue weighted by molar-refractivity contribution is -0.137. The van der Waals surface area contributed by atoms with Crippen molar-refractivity contribution >= 4 is 18.3 Å². The van der Waals surface area contributed by atoms with Crippen LogP contribution in [0.2, 0.25) is 0 Å². The number of nitrogens with one attached hydrogen (secondary N) is 1. The fourth-order valence-corrected chi connectivity index (χ4v) is 3.59. The molecule has 1 aliphatic rings. The van der Waals surface area contributed by atoms with Crippen molar-refractivity contribution in [2.24, 2.45) is 5.92 Å². The van der Waals surface area contributed by atoms with Crippen molar-refractivity contribution in [1.82, 2.24) is 10.2 Å². The van der Waals surface area contributed by atoms with Crippen molar-refractivity contribution in [1.29, 1.82) is 0 Å². The molecule has 140 valence electrons. The van der Waals surface area contributed by atoms with Crippen LogP contribution in [0, 0.1) is 5.92 Å². The highest BCUT2D eigenvalue weighted by Crippen LogP contribution is 2.20. The summed E-state index contributed by atoms with van der Waals surface area (Å²) in [5, 5.41) is 3.44. The second-order valence-electron chi connectivity index (χ2n) is 7.06. The van der Waals surface area contributed by atoms with Gasteiger partial charge in [0.05, 0.1) is 0 Å². The number of amides is 1. The Morgan fingerprint density at radius 3 is 2.27 bits per heavy atom. The zero-order valence-electron chi connectivity index (χ0n) is 15.4. The van der Waals surface area contributed by atoms with Crippen LogP contribution in [0.4, 0.5) is 0 Å². The summed E-state index contributed by atoms with van der Waals surface area (Å²) in [6.07, 6.45) is 2.79. The fraction of sp³-hybridized carbons (Fsp3) is 0.409. The Morgan fingerprint density at radius 1 is 1.04 bits per heavy atom. The molecule has 1 N–H and O–H groups in total. The zero-order valence-corrected chi connectivity index (χ0v) is 16.3. The van der Waals surface area contributed by atoms with Crippen molar-refractivity contribution in [3.8, 4) is 0 Å². The highest BCUT2D eigenvalue weighted by atomic mass is 35.5. The number of nitrogens with zero attached hydrogens (tertiary/aromatic N) is 1. The standard InChI is InChI=1S/C22H28N2O.ClH/c1-18-16-21(12-14-23-18)22(25)24(17-20-10-6-3-7-11-20)15-13-19-8-4-2-5-9-19;/h2-11,18,21,23H,12-17H2,1H3;1H/t18-,21-;/m0./s1. The molecule has 2 aromatic rings. The van der Waals surface area contributed by atoms with Crippen molar-refractivity contribution in [3.63, 3.8) is 0 Å². The molecule has 0 aliphatic carbocycles. The summed E-state index contributed by atoms with van der Waals surface area (Å²) in [4.78, 5) is 15.2. The van der Waals surface area contributed by atoms with Gasteiger partial charge in [-0.2, -0.15) is 0 Å². The van der Waals surface area contributed by atoms with E-state index in [-0.39, 0.29) is 18.3 Å². The molecular formula is C22H29ClN2O. The number of carbonyl (C=O) groups excluding carboxylic acids is 1. The first-order valence-corrected chi connectivity index (χ1v) is 9.32. The number of halogens is 1. The maximum atomic E-state index is 13.2. The van der Waals surface area contributed by atoms with Gasteiger partial charge in [0.25, 0.3) is 0 Å². The van der Waals surface area contributed by atoms with Crippen LogP contribution < -0.4 is 5.32 Å². The predicted molar refractivity (Wildman–Crippen MR) is 109 cm³/mol. The SMILES string of the molecule is C[C@H]1C[C@@H](C(=O)N(CCc2ccccc2)Cc2ccccc2)CCN1.Cl. The summed E-state index contributed by atoms with van der Waals surface area (Å²) in [6.45, 7) is 4.58. The van der Waals surface area contributed by atoms with Crippen LogP contribution in [-0.2, 0) is 17.8 Å². The molecule has 0 saturated carbocycles. The molecule has 0 spiro atoms. The van der Waals surface area contributed by atoms with Crippen LogP contribution in [0.15, 0.2) is 60.7 Å². The second kappa shape index (κ2) is 10.3. The van der Waals surface area contributed by atoms with E-state index in [4.69, 9.17) is 0 Å². The highest BCUT2D eigenvalue weighted by molar-refractivity contribution is 5.85. The van der Waals surface area contributed by atoms with Crippen molar-refractivity contribution in [2.45, 2.75) is 38.8 Å². The van der Waals surface area contributed by atoms with Crippen molar-refractivity contribution in [3.05, 3.63) is 71.8 Å². The van der Waals surface area contributed by atoms with Crippen LogP contribution in [0.5, 0.6) is 0 Å². The molecule has 1 fully saturated rings. The van der Waals surface area contributed by atoms with Gasteiger partial charge in [0.1, 0.15) is 0 Å².